The van der Waals surface area contributed by atoms with Crippen molar-refractivity contribution in [1.82, 2.24) is 4.90 Å². The van der Waals surface area contributed by atoms with Gasteiger partial charge in [-0.25, -0.2) is 0 Å². The average molecular weight is 476 g/mol. The Kier molecular flexibility index (Phi) is 7.84. The number of nitrogens with zero attached hydrogens (tertiary/aromatic N) is 1. The number of aliphatic hydroxyl groups excluding tert-OH is 1. The highest BCUT2D eigenvalue weighted by Crippen LogP contribution is 2.46. The topological polar surface area (TPSA) is 94.5 Å². The molecule has 33 heavy (non-hydrogen) atoms. The van der Waals surface area contributed by atoms with Crippen molar-refractivity contribution in [3.05, 3.63) is 58.1 Å². The first-order valence-corrected chi connectivity index (χ1v) is 10.6. The summed E-state index contributed by atoms with van der Waals surface area (Å²) in [6.07, 6.45) is 0.492. The van der Waals surface area contributed by atoms with Gasteiger partial charge < -0.3 is 29.0 Å². The summed E-state index contributed by atoms with van der Waals surface area (Å²) in [4.78, 5) is 27.6. The van der Waals surface area contributed by atoms with Crippen molar-refractivity contribution in [2.45, 2.75) is 12.5 Å². The van der Waals surface area contributed by atoms with Crippen molar-refractivity contribution >= 4 is 29.1 Å². The molecule has 1 amide bonds. The summed E-state index contributed by atoms with van der Waals surface area (Å²) in [5.74, 6) is -0.740. The molecule has 1 N–H and O–H groups in total. The largest absolute Gasteiger partial charge is 0.507 e. The molecule has 3 rings (SSSR count). The van der Waals surface area contributed by atoms with Gasteiger partial charge in [0.2, 0.25) is 0 Å². The third-order valence-electron chi connectivity index (χ3n) is 5.44. The highest BCUT2D eigenvalue weighted by atomic mass is 35.5. The standard InChI is InChI=1S/C24H26ClNO7/c1-30-12-6-11-26-20(15-7-5-8-18(32-3)23(15)33-4)19(22(28)24(26)29)21(27)16-13-14(31-2)9-10-17(16)25/h5,7-10,13,20,27H,6,11-12H2,1-4H3/b21-19+. The lowest BCUT2D eigenvalue weighted by Gasteiger charge is -2.27. The minimum absolute atomic E-state index is 0.0980. The van der Waals surface area contributed by atoms with E-state index in [1.54, 1.807) is 37.4 Å². The van der Waals surface area contributed by atoms with Crippen LogP contribution in [0.15, 0.2) is 42.0 Å². The third kappa shape index (κ3) is 4.62. The molecule has 0 aromatic heterocycles. The van der Waals surface area contributed by atoms with Crippen LogP contribution in [0.1, 0.15) is 23.6 Å². The van der Waals surface area contributed by atoms with Gasteiger partial charge in [-0.3, -0.25) is 9.59 Å². The molecular formula is C24H26ClNO7. The summed E-state index contributed by atoms with van der Waals surface area (Å²) in [5, 5.41) is 11.5. The Balaban J connectivity index is 2.26. The summed E-state index contributed by atoms with van der Waals surface area (Å²) in [7, 11) is 5.99. The number of halogens is 1. The molecule has 1 aliphatic rings. The maximum Gasteiger partial charge on any atom is 0.295 e. The first kappa shape index (κ1) is 24.4. The number of ether oxygens (including phenoxy) is 4. The van der Waals surface area contributed by atoms with Gasteiger partial charge in [0.25, 0.3) is 11.7 Å². The molecule has 8 nitrogen and oxygen atoms in total. The zero-order chi connectivity index (χ0) is 24.1. The van der Waals surface area contributed by atoms with Crippen molar-refractivity contribution < 1.29 is 33.6 Å². The maximum atomic E-state index is 13.2. The van der Waals surface area contributed by atoms with E-state index in [2.05, 4.69) is 0 Å². The fraction of sp³-hybridized carbons (Fsp3) is 0.333. The van der Waals surface area contributed by atoms with E-state index in [4.69, 9.17) is 30.5 Å². The van der Waals surface area contributed by atoms with Gasteiger partial charge in [0, 0.05) is 31.4 Å². The number of hydrogen-bond donors (Lipinski definition) is 1. The van der Waals surface area contributed by atoms with Crippen LogP contribution in [0.25, 0.3) is 5.76 Å². The zero-order valence-electron chi connectivity index (χ0n) is 18.9. The van der Waals surface area contributed by atoms with Gasteiger partial charge in [0.05, 0.1) is 38.0 Å². The fourth-order valence-corrected chi connectivity index (χ4v) is 4.11. The normalized spacial score (nSPS) is 17.4. The van der Waals surface area contributed by atoms with Crippen molar-refractivity contribution in [2.24, 2.45) is 0 Å². The van der Waals surface area contributed by atoms with Crippen LogP contribution in [0, 0.1) is 0 Å². The van der Waals surface area contributed by atoms with Crippen LogP contribution >= 0.6 is 11.6 Å². The Bertz CT molecular complexity index is 1080. The predicted molar refractivity (Wildman–Crippen MR) is 123 cm³/mol. The van der Waals surface area contributed by atoms with Crippen molar-refractivity contribution in [1.29, 1.82) is 0 Å². The second kappa shape index (κ2) is 10.6. The van der Waals surface area contributed by atoms with E-state index in [0.29, 0.717) is 35.8 Å². The summed E-state index contributed by atoms with van der Waals surface area (Å²) >= 11 is 6.33. The van der Waals surface area contributed by atoms with Crippen LogP contribution in [0.5, 0.6) is 17.2 Å². The molecule has 1 unspecified atom stereocenters. The average Bonchev–Trinajstić information content (AvgIpc) is 3.08. The number of hydrogen-bond acceptors (Lipinski definition) is 7. The van der Waals surface area contributed by atoms with Gasteiger partial charge in [0.1, 0.15) is 11.5 Å². The quantitative estimate of drug-likeness (QED) is 0.255. The Morgan fingerprint density at radius 3 is 2.45 bits per heavy atom. The molecule has 2 aromatic rings. The Hall–Kier alpha value is -3.23. The molecule has 0 bridgehead atoms. The van der Waals surface area contributed by atoms with Crippen LogP contribution < -0.4 is 14.2 Å². The van der Waals surface area contributed by atoms with Gasteiger partial charge in [-0.05, 0) is 30.7 Å². The fourth-order valence-electron chi connectivity index (χ4n) is 3.90. The molecule has 0 radical (unpaired) electrons. The summed E-state index contributed by atoms with van der Waals surface area (Å²) in [6, 6.07) is 8.92. The molecule has 9 heteroatoms. The molecule has 1 atom stereocenters. The molecule has 0 aliphatic carbocycles. The van der Waals surface area contributed by atoms with Gasteiger partial charge in [-0.1, -0.05) is 23.7 Å². The highest BCUT2D eigenvalue weighted by Gasteiger charge is 2.47. The van der Waals surface area contributed by atoms with Crippen LogP contribution in [0.3, 0.4) is 0 Å². The predicted octanol–water partition coefficient (Wildman–Crippen LogP) is 3.82. The van der Waals surface area contributed by atoms with Crippen LogP contribution in [0.4, 0.5) is 0 Å². The van der Waals surface area contributed by atoms with E-state index in [9.17, 15) is 14.7 Å². The molecule has 2 aromatic carbocycles. The number of ketones is 1. The Labute approximate surface area is 197 Å². The Morgan fingerprint density at radius 2 is 1.82 bits per heavy atom. The SMILES string of the molecule is COCCCN1C(=O)C(=O)/C(=C(/O)c2cc(OC)ccc2Cl)C1c1cccc(OC)c1OC. The summed E-state index contributed by atoms with van der Waals surface area (Å²) in [6.45, 7) is 0.624. The lowest BCUT2D eigenvalue weighted by Crippen LogP contribution is -2.31. The number of rotatable bonds is 9. The number of amides is 1. The molecule has 176 valence electrons. The monoisotopic (exact) mass is 475 g/mol. The third-order valence-corrected chi connectivity index (χ3v) is 5.77. The molecule has 0 spiro atoms. The Morgan fingerprint density at radius 1 is 1.06 bits per heavy atom. The number of Topliss-reactive ketones (excluding diaryl/α,β-unsaturated/α-hetero) is 1. The molecule has 1 heterocycles. The van der Waals surface area contributed by atoms with Crippen molar-refractivity contribution in [3.63, 3.8) is 0 Å². The molecule has 1 aliphatic heterocycles. The minimum Gasteiger partial charge on any atom is -0.507 e. The first-order chi connectivity index (χ1) is 15.9. The number of likely N-dealkylation sites (tertiary alicyclic amines) is 1. The smallest absolute Gasteiger partial charge is 0.295 e. The lowest BCUT2D eigenvalue weighted by molar-refractivity contribution is -0.140. The molecule has 1 fully saturated rings. The minimum atomic E-state index is -0.922. The van der Waals surface area contributed by atoms with Crippen LogP contribution in [0.2, 0.25) is 5.02 Å². The van der Waals surface area contributed by atoms with Crippen LogP contribution in [-0.2, 0) is 14.3 Å². The van der Waals surface area contributed by atoms with Gasteiger partial charge in [-0.15, -0.1) is 0 Å². The number of benzene rings is 2. The number of aliphatic hydroxyl groups is 1. The highest BCUT2D eigenvalue weighted by molar-refractivity contribution is 6.47. The van der Waals surface area contributed by atoms with E-state index in [-0.39, 0.29) is 22.7 Å². The van der Waals surface area contributed by atoms with Crippen molar-refractivity contribution in [3.8, 4) is 17.2 Å². The van der Waals surface area contributed by atoms with E-state index in [0.717, 1.165) is 0 Å². The molecule has 0 saturated carbocycles. The first-order valence-electron chi connectivity index (χ1n) is 10.2. The maximum absolute atomic E-state index is 13.2. The second-order valence-corrected chi connectivity index (χ2v) is 7.67. The second-order valence-electron chi connectivity index (χ2n) is 7.27. The molecular weight excluding hydrogens is 450 g/mol. The number of carbonyl (C=O) groups is 2. The van der Waals surface area contributed by atoms with Gasteiger partial charge in [0.15, 0.2) is 11.5 Å². The van der Waals surface area contributed by atoms with E-state index < -0.39 is 23.5 Å². The summed E-state index contributed by atoms with van der Waals surface area (Å²) < 4.78 is 21.3. The lowest BCUT2D eigenvalue weighted by atomic mass is 9.94. The van der Waals surface area contributed by atoms with E-state index in [1.165, 1.54) is 32.3 Å². The van der Waals surface area contributed by atoms with Crippen LogP contribution in [-0.4, -0.2) is 63.3 Å². The van der Waals surface area contributed by atoms with Gasteiger partial charge in [-0.2, -0.15) is 0 Å². The van der Waals surface area contributed by atoms with E-state index in [1.807, 2.05) is 0 Å². The zero-order valence-corrected chi connectivity index (χ0v) is 19.6. The van der Waals surface area contributed by atoms with Crippen molar-refractivity contribution in [2.75, 3.05) is 41.6 Å². The number of para-hydroxylation sites is 1. The molecule has 1 saturated heterocycles. The van der Waals surface area contributed by atoms with Gasteiger partial charge >= 0.3 is 0 Å². The summed E-state index contributed by atoms with van der Waals surface area (Å²) in [5.41, 5.74) is 0.575. The number of carbonyl (C=O) groups excluding carboxylic acids is 2. The van der Waals surface area contributed by atoms with E-state index >= 15 is 0 Å². The number of methoxy groups -OCH3 is 4.